The van der Waals surface area contributed by atoms with Crippen LogP contribution in [-0.2, 0) is 4.79 Å². The summed E-state index contributed by atoms with van der Waals surface area (Å²) in [5.41, 5.74) is 0. The van der Waals surface area contributed by atoms with E-state index in [0.29, 0.717) is 0 Å². The van der Waals surface area contributed by atoms with Crippen molar-refractivity contribution in [2.45, 2.75) is 13.0 Å². The average molecular weight is 189 g/mol. The van der Waals surface area contributed by atoms with Crippen LogP contribution >= 0.6 is 0 Å². The Kier molecular flexibility index (Phi) is 5.10. The smallest absolute Gasteiger partial charge is 0.190 e. The molecule has 0 rings (SSSR count). The second kappa shape index (κ2) is 5.55. The first-order chi connectivity index (χ1) is 5.97. The molecule has 0 amide bonds. The molecule has 0 saturated carbocycles. The molecule has 0 aliphatic heterocycles. The fourth-order valence-electron chi connectivity index (χ4n) is 0.759. The van der Waals surface area contributed by atoms with Crippen LogP contribution < -0.4 is 0 Å². The first-order valence-corrected chi connectivity index (χ1v) is 3.88. The fourth-order valence-corrected chi connectivity index (χ4v) is 0.759. The number of aliphatic hydroxyl groups is 3. The molecule has 0 bridgehead atoms. The van der Waals surface area contributed by atoms with Crippen molar-refractivity contribution in [3.05, 3.63) is 12.0 Å². The number of hydrogen-bond acceptors (Lipinski definition) is 5. The van der Waals surface area contributed by atoms with Crippen LogP contribution in [0.4, 0.5) is 0 Å². The van der Waals surface area contributed by atoms with Crippen molar-refractivity contribution in [1.82, 2.24) is 4.90 Å². The molecule has 5 heteroatoms. The quantitative estimate of drug-likeness (QED) is 0.392. The van der Waals surface area contributed by atoms with Gasteiger partial charge in [0, 0.05) is 19.7 Å². The summed E-state index contributed by atoms with van der Waals surface area (Å²) >= 11 is 0. The Morgan fingerprint density at radius 2 is 2.15 bits per heavy atom. The van der Waals surface area contributed by atoms with E-state index < -0.39 is 6.10 Å². The van der Waals surface area contributed by atoms with Gasteiger partial charge in [-0.25, -0.2) is 0 Å². The van der Waals surface area contributed by atoms with Crippen molar-refractivity contribution in [2.75, 3.05) is 20.2 Å². The van der Waals surface area contributed by atoms with Gasteiger partial charge in [0.2, 0.25) is 0 Å². The number of likely N-dealkylation sites (N-methyl/N-ethyl adjacent to an activating group) is 1. The summed E-state index contributed by atoms with van der Waals surface area (Å²) in [6, 6.07) is 0. The van der Waals surface area contributed by atoms with E-state index in [9.17, 15) is 9.90 Å². The van der Waals surface area contributed by atoms with Crippen LogP contribution in [0.1, 0.15) is 6.92 Å². The summed E-state index contributed by atoms with van der Waals surface area (Å²) in [7, 11) is 1.51. The van der Waals surface area contributed by atoms with E-state index in [2.05, 4.69) is 0 Å². The molecular formula is C8H15NO4. The van der Waals surface area contributed by atoms with E-state index in [4.69, 9.17) is 10.2 Å². The summed E-state index contributed by atoms with van der Waals surface area (Å²) in [5.74, 6) is -0.497. The van der Waals surface area contributed by atoms with Gasteiger partial charge in [0.05, 0.1) is 12.7 Å². The molecular weight excluding hydrogens is 174 g/mol. The molecule has 0 radical (unpaired) electrons. The van der Waals surface area contributed by atoms with Crippen molar-refractivity contribution in [2.24, 2.45) is 0 Å². The number of nitrogens with zero attached hydrogens (tertiary/aromatic N) is 1. The highest BCUT2D eigenvalue weighted by molar-refractivity contribution is 5.87. The third-order valence-electron chi connectivity index (χ3n) is 1.42. The number of aliphatic hydroxyl groups excluding tert-OH is 3. The Morgan fingerprint density at radius 3 is 2.54 bits per heavy atom. The number of rotatable bonds is 5. The van der Waals surface area contributed by atoms with Crippen LogP contribution in [0.15, 0.2) is 12.0 Å². The number of hydrogen-bond donors (Lipinski definition) is 3. The van der Waals surface area contributed by atoms with Crippen LogP contribution in [0.25, 0.3) is 0 Å². The van der Waals surface area contributed by atoms with Crippen molar-refractivity contribution >= 4 is 5.78 Å². The standard InChI is InChI=1S/C8H15NO4/c1-6(11)3-8(13)9(2)4-7(12)5-10/h3,7,10,12-13H,4-5H2,1-2H3/b8-3-. The zero-order valence-electron chi connectivity index (χ0n) is 7.77. The van der Waals surface area contributed by atoms with E-state index in [-0.39, 0.29) is 24.8 Å². The number of carbonyl (C=O) groups is 1. The maximum absolute atomic E-state index is 10.5. The van der Waals surface area contributed by atoms with E-state index in [0.717, 1.165) is 6.08 Å². The van der Waals surface area contributed by atoms with Gasteiger partial charge >= 0.3 is 0 Å². The normalized spacial score (nSPS) is 14.0. The van der Waals surface area contributed by atoms with Gasteiger partial charge in [-0.15, -0.1) is 0 Å². The molecule has 0 saturated heterocycles. The predicted octanol–water partition coefficient (Wildman–Crippen LogP) is -0.740. The third kappa shape index (κ3) is 5.21. The molecule has 0 aliphatic carbocycles. The molecule has 0 aromatic rings. The molecule has 3 N–H and O–H groups in total. The fraction of sp³-hybridized carbons (Fsp3) is 0.625. The minimum absolute atomic E-state index is 0.0755. The second-order valence-electron chi connectivity index (χ2n) is 2.83. The lowest BCUT2D eigenvalue weighted by atomic mass is 10.3. The maximum atomic E-state index is 10.5. The van der Waals surface area contributed by atoms with Gasteiger partial charge in [-0.1, -0.05) is 0 Å². The molecule has 0 aromatic carbocycles. The van der Waals surface area contributed by atoms with Crippen molar-refractivity contribution in [3.8, 4) is 0 Å². The van der Waals surface area contributed by atoms with E-state index in [1.165, 1.54) is 18.9 Å². The predicted molar refractivity (Wildman–Crippen MR) is 47.1 cm³/mol. The van der Waals surface area contributed by atoms with Gasteiger partial charge in [-0.2, -0.15) is 0 Å². The number of allylic oxidation sites excluding steroid dienone is 1. The van der Waals surface area contributed by atoms with Crippen molar-refractivity contribution in [1.29, 1.82) is 0 Å². The zero-order valence-corrected chi connectivity index (χ0v) is 7.77. The Hall–Kier alpha value is -1.07. The molecule has 0 spiro atoms. The number of ketones is 1. The average Bonchev–Trinajstić information content (AvgIpc) is 2.02. The van der Waals surface area contributed by atoms with Crippen LogP contribution in [0.2, 0.25) is 0 Å². The van der Waals surface area contributed by atoms with Crippen LogP contribution in [0, 0.1) is 0 Å². The second-order valence-corrected chi connectivity index (χ2v) is 2.83. The molecule has 76 valence electrons. The van der Waals surface area contributed by atoms with Crippen LogP contribution in [-0.4, -0.2) is 52.3 Å². The Balaban J connectivity index is 4.10. The van der Waals surface area contributed by atoms with Crippen LogP contribution in [0.3, 0.4) is 0 Å². The Bertz CT molecular complexity index is 202. The number of carbonyl (C=O) groups excluding carboxylic acids is 1. The topological polar surface area (TPSA) is 81.0 Å². The molecule has 0 fully saturated rings. The highest BCUT2D eigenvalue weighted by Crippen LogP contribution is 1.98. The summed E-state index contributed by atoms with van der Waals surface area (Å²) in [4.78, 5) is 11.8. The first kappa shape index (κ1) is 11.9. The maximum Gasteiger partial charge on any atom is 0.190 e. The van der Waals surface area contributed by atoms with Gasteiger partial charge in [-0.3, -0.25) is 4.79 Å². The lowest BCUT2D eigenvalue weighted by molar-refractivity contribution is -0.112. The molecule has 5 nitrogen and oxygen atoms in total. The van der Waals surface area contributed by atoms with Gasteiger partial charge in [0.25, 0.3) is 0 Å². The molecule has 0 aliphatic rings. The van der Waals surface area contributed by atoms with Gasteiger partial charge in [-0.05, 0) is 6.92 Å². The zero-order chi connectivity index (χ0) is 10.4. The lowest BCUT2D eigenvalue weighted by Crippen LogP contribution is -2.31. The molecule has 0 aromatic heterocycles. The highest BCUT2D eigenvalue weighted by Gasteiger charge is 2.08. The van der Waals surface area contributed by atoms with E-state index in [1.54, 1.807) is 0 Å². The monoisotopic (exact) mass is 189 g/mol. The summed E-state index contributed by atoms with van der Waals surface area (Å²) in [5, 5.41) is 26.7. The summed E-state index contributed by atoms with van der Waals surface area (Å²) in [6.45, 7) is 1.01. The lowest BCUT2D eigenvalue weighted by Gasteiger charge is -2.19. The van der Waals surface area contributed by atoms with Crippen molar-refractivity contribution < 1.29 is 20.1 Å². The first-order valence-electron chi connectivity index (χ1n) is 3.88. The molecule has 1 atom stereocenters. The molecule has 0 heterocycles. The minimum atomic E-state index is -0.924. The van der Waals surface area contributed by atoms with Crippen LogP contribution in [0.5, 0.6) is 0 Å². The third-order valence-corrected chi connectivity index (χ3v) is 1.42. The Morgan fingerprint density at radius 1 is 1.62 bits per heavy atom. The molecule has 1 unspecified atom stereocenters. The van der Waals surface area contributed by atoms with E-state index in [1.807, 2.05) is 0 Å². The van der Waals surface area contributed by atoms with E-state index >= 15 is 0 Å². The summed E-state index contributed by atoms with van der Waals surface area (Å²) < 4.78 is 0. The Labute approximate surface area is 76.9 Å². The molecule has 13 heavy (non-hydrogen) atoms. The summed E-state index contributed by atoms with van der Waals surface area (Å²) in [6.07, 6.45) is 0.122. The SMILES string of the molecule is CC(=O)/C=C(\O)N(C)CC(O)CO. The van der Waals surface area contributed by atoms with Gasteiger partial charge in [0.15, 0.2) is 11.7 Å². The van der Waals surface area contributed by atoms with Gasteiger partial charge in [0.1, 0.15) is 0 Å². The van der Waals surface area contributed by atoms with Gasteiger partial charge < -0.3 is 20.2 Å². The largest absolute Gasteiger partial charge is 0.495 e. The van der Waals surface area contributed by atoms with Crippen molar-refractivity contribution in [3.63, 3.8) is 0 Å². The minimum Gasteiger partial charge on any atom is -0.495 e. The highest BCUT2D eigenvalue weighted by atomic mass is 16.3.